The fourth-order valence-electron chi connectivity index (χ4n) is 2.85. The molecule has 17 heavy (non-hydrogen) atoms. The lowest BCUT2D eigenvalue weighted by molar-refractivity contribution is 0.256. The van der Waals surface area contributed by atoms with Crippen LogP contribution in [0.5, 0.6) is 5.75 Å². The lowest BCUT2D eigenvalue weighted by Crippen LogP contribution is -2.37. The van der Waals surface area contributed by atoms with Crippen molar-refractivity contribution in [3.05, 3.63) is 29.8 Å². The predicted octanol–water partition coefficient (Wildman–Crippen LogP) is 3.16. The van der Waals surface area contributed by atoms with Crippen LogP contribution < -0.4 is 0 Å². The van der Waals surface area contributed by atoms with Crippen LogP contribution in [0.4, 0.5) is 0 Å². The zero-order valence-electron chi connectivity index (χ0n) is 13.4. The number of aromatic hydroxyl groups is 1. The first-order chi connectivity index (χ1) is 9.37. The summed E-state index contributed by atoms with van der Waals surface area (Å²) in [6.07, 6.45) is 3.79. The lowest BCUT2D eigenvalue weighted by Gasteiger charge is -2.35. The van der Waals surface area contributed by atoms with Crippen molar-refractivity contribution in [3.63, 3.8) is 0 Å². The number of phenolic OH excluding ortho intramolecular Hbond substituents is 1. The van der Waals surface area contributed by atoms with E-state index in [1.807, 2.05) is 12.1 Å². The molecule has 1 aliphatic rings. The van der Waals surface area contributed by atoms with Crippen LogP contribution in [0.2, 0.25) is 0 Å². The number of rotatable bonds is 2. The molecule has 94 valence electrons. The zero-order chi connectivity index (χ0) is 14.8. The van der Waals surface area contributed by atoms with E-state index < -0.39 is 6.98 Å². The van der Waals surface area contributed by atoms with Gasteiger partial charge in [-0.25, -0.2) is 0 Å². The Bertz CT molecular complexity index is 461. The second-order valence-corrected chi connectivity index (χ2v) is 5.06. The minimum absolute atomic E-state index is 0.177. The number of benzene rings is 1. The van der Waals surface area contributed by atoms with Crippen molar-refractivity contribution in [2.45, 2.75) is 38.0 Å². The summed E-state index contributed by atoms with van der Waals surface area (Å²) in [4.78, 5) is 1.62. The molecule has 1 unspecified atom stereocenters. The number of hydrogen-bond acceptors (Lipinski definition) is 2. The molecular formula is C15H23NO. The predicted molar refractivity (Wildman–Crippen MR) is 71.4 cm³/mol. The van der Waals surface area contributed by atoms with Crippen molar-refractivity contribution in [1.82, 2.24) is 4.90 Å². The largest absolute Gasteiger partial charge is 0.508 e. The summed E-state index contributed by atoms with van der Waals surface area (Å²) in [5.41, 5.74) is 0.875. The highest BCUT2D eigenvalue weighted by Gasteiger charge is 2.33. The van der Waals surface area contributed by atoms with E-state index in [4.69, 9.17) is 4.11 Å². The first-order valence-electron chi connectivity index (χ1n) is 7.92. The minimum atomic E-state index is -2.04. The Kier molecular flexibility index (Phi) is 2.69. The Morgan fingerprint density at radius 1 is 1.47 bits per heavy atom. The lowest BCUT2D eigenvalue weighted by atomic mass is 9.74. The number of hydrogen-bond donors (Lipinski definition) is 1. The SMILES string of the molecule is [2H]C([2H])([2H])N1CCCCC(CC)(c2cccc(O)c2)C1. The van der Waals surface area contributed by atoms with E-state index >= 15 is 0 Å². The molecule has 0 bridgehead atoms. The molecular weight excluding hydrogens is 210 g/mol. The number of likely N-dealkylation sites (N-methyl/N-ethyl adjacent to an activating group) is 1. The molecule has 1 aromatic rings. The smallest absolute Gasteiger partial charge is 0.115 e. The number of nitrogens with zero attached hydrogens (tertiary/aromatic N) is 1. The van der Waals surface area contributed by atoms with Crippen LogP contribution >= 0.6 is 0 Å². The van der Waals surface area contributed by atoms with Crippen molar-refractivity contribution in [3.8, 4) is 5.75 Å². The van der Waals surface area contributed by atoms with Crippen LogP contribution in [-0.2, 0) is 5.41 Å². The summed E-state index contributed by atoms with van der Waals surface area (Å²) < 4.78 is 23.1. The van der Waals surface area contributed by atoms with Gasteiger partial charge in [-0.3, -0.25) is 0 Å². The molecule has 0 spiro atoms. The van der Waals surface area contributed by atoms with Crippen molar-refractivity contribution in [1.29, 1.82) is 0 Å². The highest BCUT2D eigenvalue weighted by Crippen LogP contribution is 2.37. The Balaban J connectivity index is 2.37. The van der Waals surface area contributed by atoms with E-state index in [9.17, 15) is 5.11 Å². The Labute approximate surface area is 108 Å². The molecule has 1 N–H and O–H groups in total. The van der Waals surface area contributed by atoms with Crippen LogP contribution in [0.15, 0.2) is 24.3 Å². The van der Waals surface area contributed by atoms with E-state index in [0.29, 0.717) is 13.1 Å². The maximum absolute atomic E-state index is 9.73. The second kappa shape index (κ2) is 5.09. The third kappa shape index (κ3) is 2.63. The summed E-state index contributed by atoms with van der Waals surface area (Å²) in [6, 6.07) is 7.29. The Morgan fingerprint density at radius 2 is 2.35 bits per heavy atom. The van der Waals surface area contributed by atoms with E-state index in [2.05, 4.69) is 6.92 Å². The van der Waals surface area contributed by atoms with Gasteiger partial charge in [-0.15, -0.1) is 0 Å². The van der Waals surface area contributed by atoms with Gasteiger partial charge in [0.05, 0.1) is 0 Å². The number of likely N-dealkylation sites (tertiary alicyclic amines) is 1. The van der Waals surface area contributed by atoms with Crippen LogP contribution in [0.3, 0.4) is 0 Å². The van der Waals surface area contributed by atoms with Crippen LogP contribution in [-0.4, -0.2) is 30.1 Å². The van der Waals surface area contributed by atoms with Crippen molar-refractivity contribution in [2.24, 2.45) is 0 Å². The van der Waals surface area contributed by atoms with Gasteiger partial charge in [0.1, 0.15) is 5.75 Å². The highest BCUT2D eigenvalue weighted by molar-refractivity contribution is 5.33. The Morgan fingerprint density at radius 3 is 3.06 bits per heavy atom. The summed E-state index contributed by atoms with van der Waals surface area (Å²) >= 11 is 0. The zero-order valence-corrected chi connectivity index (χ0v) is 10.4. The van der Waals surface area contributed by atoms with E-state index in [-0.39, 0.29) is 11.2 Å². The molecule has 0 saturated carbocycles. The maximum atomic E-state index is 9.73. The van der Waals surface area contributed by atoms with Crippen LogP contribution in [0.1, 0.15) is 42.3 Å². The molecule has 1 atom stereocenters. The fourth-order valence-corrected chi connectivity index (χ4v) is 2.85. The average molecular weight is 236 g/mol. The van der Waals surface area contributed by atoms with Crippen LogP contribution in [0, 0.1) is 0 Å². The highest BCUT2D eigenvalue weighted by atomic mass is 16.3. The molecule has 1 aliphatic heterocycles. The van der Waals surface area contributed by atoms with E-state index in [1.165, 1.54) is 0 Å². The van der Waals surface area contributed by atoms with Crippen LogP contribution in [0.25, 0.3) is 0 Å². The third-order valence-corrected chi connectivity index (χ3v) is 3.96. The summed E-state index contributed by atoms with van der Waals surface area (Å²) in [5.74, 6) is 0.250. The summed E-state index contributed by atoms with van der Waals surface area (Å²) in [7, 11) is 0. The van der Waals surface area contributed by atoms with Crippen molar-refractivity contribution in [2.75, 3.05) is 20.1 Å². The standard InChI is InChI=1S/C15H23NO/c1-3-15(9-4-5-10-16(2)12-15)13-7-6-8-14(17)11-13/h6-8,11,17H,3-5,9-10,12H2,1-2H3/i2D3. The minimum Gasteiger partial charge on any atom is -0.508 e. The molecule has 2 nitrogen and oxygen atoms in total. The summed E-state index contributed by atoms with van der Waals surface area (Å²) in [6.45, 7) is 1.22. The molecule has 1 fully saturated rings. The number of phenols is 1. The fraction of sp³-hybridized carbons (Fsp3) is 0.600. The first-order valence-corrected chi connectivity index (χ1v) is 6.42. The molecule has 1 aromatic carbocycles. The van der Waals surface area contributed by atoms with Gasteiger partial charge >= 0.3 is 0 Å². The molecule has 1 saturated heterocycles. The molecule has 2 rings (SSSR count). The Hall–Kier alpha value is -1.02. The maximum Gasteiger partial charge on any atom is 0.115 e. The molecule has 0 radical (unpaired) electrons. The molecule has 0 aliphatic carbocycles. The second-order valence-electron chi connectivity index (χ2n) is 5.06. The average Bonchev–Trinajstić information content (AvgIpc) is 2.61. The van der Waals surface area contributed by atoms with E-state index in [1.54, 1.807) is 17.0 Å². The van der Waals surface area contributed by atoms with Gasteiger partial charge in [-0.05, 0) is 50.5 Å². The van der Waals surface area contributed by atoms with E-state index in [0.717, 1.165) is 31.2 Å². The van der Waals surface area contributed by atoms with Crippen molar-refractivity contribution < 1.29 is 9.22 Å². The molecule has 0 aromatic heterocycles. The third-order valence-electron chi connectivity index (χ3n) is 3.96. The topological polar surface area (TPSA) is 23.5 Å². The van der Waals surface area contributed by atoms with Gasteiger partial charge < -0.3 is 10.0 Å². The van der Waals surface area contributed by atoms with Crippen molar-refractivity contribution >= 4 is 0 Å². The molecule has 0 amide bonds. The summed E-state index contributed by atoms with van der Waals surface area (Å²) in [5, 5.41) is 9.73. The van der Waals surface area contributed by atoms with Gasteiger partial charge in [0.15, 0.2) is 0 Å². The van der Waals surface area contributed by atoms with Gasteiger partial charge in [0.2, 0.25) is 0 Å². The van der Waals surface area contributed by atoms with Gasteiger partial charge in [0.25, 0.3) is 0 Å². The van der Waals surface area contributed by atoms with Gasteiger partial charge in [-0.1, -0.05) is 25.5 Å². The quantitative estimate of drug-likeness (QED) is 0.852. The monoisotopic (exact) mass is 236 g/mol. The van der Waals surface area contributed by atoms with Gasteiger partial charge in [-0.2, -0.15) is 0 Å². The van der Waals surface area contributed by atoms with Gasteiger partial charge in [0, 0.05) is 16.1 Å². The molecule has 2 heteroatoms. The first kappa shape index (κ1) is 8.98. The molecule has 1 heterocycles. The normalized spacial score (nSPS) is 30.1.